The third-order valence-corrected chi connectivity index (χ3v) is 4.11. The Morgan fingerprint density at radius 1 is 1.47 bits per heavy atom. The number of unbranched alkanes of at least 4 members (excludes halogenated alkanes) is 2. The van der Waals surface area contributed by atoms with Crippen molar-refractivity contribution in [2.24, 2.45) is 0 Å². The molecule has 1 aromatic heterocycles. The van der Waals surface area contributed by atoms with Gasteiger partial charge in [0.25, 0.3) is 0 Å². The molecule has 0 aliphatic heterocycles. The fourth-order valence-corrected chi connectivity index (χ4v) is 2.67. The van der Waals surface area contributed by atoms with Gasteiger partial charge in [-0.1, -0.05) is 19.8 Å². The molecule has 1 aromatic rings. The van der Waals surface area contributed by atoms with Gasteiger partial charge in [-0.3, -0.25) is 10.1 Å². The van der Waals surface area contributed by atoms with Crippen LogP contribution in [0.1, 0.15) is 52.0 Å². The van der Waals surface area contributed by atoms with Crippen LogP contribution in [0.15, 0.2) is 11.6 Å². The lowest BCUT2D eigenvalue weighted by atomic mass is 10.1. The molecule has 0 spiro atoms. The Kier molecular flexibility index (Phi) is 6.45. The molecule has 108 valence electrons. The van der Waals surface area contributed by atoms with Crippen LogP contribution in [0.5, 0.6) is 0 Å². The monoisotopic (exact) mass is 283 g/mol. The summed E-state index contributed by atoms with van der Waals surface area (Å²) in [6, 6.07) is -0.222. The standard InChI is InChI=1S/C14H25N3OS/c1-5-6-7-8-15-12(18)11(2)17-14(3,4)13-16-9-10-19-13/h9-11,17H,5-8H2,1-4H3,(H,15,18). The number of carbonyl (C=O) groups is 1. The zero-order valence-corrected chi connectivity index (χ0v) is 13.1. The topological polar surface area (TPSA) is 54.0 Å². The summed E-state index contributed by atoms with van der Waals surface area (Å²) >= 11 is 1.60. The summed E-state index contributed by atoms with van der Waals surface area (Å²) in [6.07, 6.45) is 5.16. The van der Waals surface area contributed by atoms with E-state index in [4.69, 9.17) is 0 Å². The van der Waals surface area contributed by atoms with Crippen LogP contribution < -0.4 is 10.6 Å². The van der Waals surface area contributed by atoms with E-state index in [1.54, 1.807) is 17.5 Å². The van der Waals surface area contributed by atoms with Gasteiger partial charge in [0, 0.05) is 18.1 Å². The molecule has 4 nitrogen and oxygen atoms in total. The summed E-state index contributed by atoms with van der Waals surface area (Å²) in [7, 11) is 0. The van der Waals surface area contributed by atoms with E-state index >= 15 is 0 Å². The summed E-state index contributed by atoms with van der Waals surface area (Å²) in [6.45, 7) is 8.91. The van der Waals surface area contributed by atoms with Gasteiger partial charge in [0.2, 0.25) is 5.91 Å². The molecule has 0 aliphatic rings. The smallest absolute Gasteiger partial charge is 0.236 e. The summed E-state index contributed by atoms with van der Waals surface area (Å²) < 4.78 is 0. The first-order chi connectivity index (χ1) is 8.97. The van der Waals surface area contributed by atoms with Crippen LogP contribution in [0, 0.1) is 0 Å². The number of nitrogens with one attached hydrogen (secondary N) is 2. The van der Waals surface area contributed by atoms with Crippen LogP contribution in [0.3, 0.4) is 0 Å². The average molecular weight is 283 g/mol. The summed E-state index contributed by atoms with van der Waals surface area (Å²) in [5.74, 6) is 0.0562. The molecular weight excluding hydrogens is 258 g/mol. The molecule has 0 aromatic carbocycles. The molecule has 1 heterocycles. The van der Waals surface area contributed by atoms with E-state index in [0.29, 0.717) is 0 Å². The van der Waals surface area contributed by atoms with Gasteiger partial charge in [0.05, 0.1) is 11.6 Å². The number of rotatable bonds is 8. The van der Waals surface area contributed by atoms with Crippen LogP contribution in [0.4, 0.5) is 0 Å². The van der Waals surface area contributed by atoms with E-state index < -0.39 is 0 Å². The fourth-order valence-electron chi connectivity index (χ4n) is 1.94. The van der Waals surface area contributed by atoms with Gasteiger partial charge < -0.3 is 5.32 Å². The number of carbonyl (C=O) groups excluding carboxylic acids is 1. The van der Waals surface area contributed by atoms with E-state index in [-0.39, 0.29) is 17.5 Å². The molecule has 5 heteroatoms. The maximum absolute atomic E-state index is 12.0. The van der Waals surface area contributed by atoms with Gasteiger partial charge in [-0.05, 0) is 27.2 Å². The summed E-state index contributed by atoms with van der Waals surface area (Å²) in [4.78, 5) is 16.3. The SMILES string of the molecule is CCCCCNC(=O)C(C)NC(C)(C)c1nccs1. The maximum Gasteiger partial charge on any atom is 0.236 e. The van der Waals surface area contributed by atoms with Gasteiger partial charge in [-0.25, -0.2) is 4.98 Å². The highest BCUT2D eigenvalue weighted by atomic mass is 32.1. The molecule has 0 saturated carbocycles. The number of aromatic nitrogens is 1. The molecule has 19 heavy (non-hydrogen) atoms. The highest BCUT2D eigenvalue weighted by molar-refractivity contribution is 7.09. The van der Waals surface area contributed by atoms with Crippen LogP contribution >= 0.6 is 11.3 Å². The lowest BCUT2D eigenvalue weighted by molar-refractivity contribution is -0.123. The minimum Gasteiger partial charge on any atom is -0.355 e. The quantitative estimate of drug-likeness (QED) is 0.721. The van der Waals surface area contributed by atoms with E-state index in [1.807, 2.05) is 26.2 Å². The second kappa shape index (κ2) is 7.60. The predicted octanol–water partition coefficient (Wildman–Crippen LogP) is 2.66. The van der Waals surface area contributed by atoms with Crippen molar-refractivity contribution < 1.29 is 4.79 Å². The normalized spacial score (nSPS) is 13.3. The average Bonchev–Trinajstić information content (AvgIpc) is 2.88. The van der Waals surface area contributed by atoms with E-state index in [1.165, 1.54) is 6.42 Å². The predicted molar refractivity (Wildman–Crippen MR) is 80.3 cm³/mol. The molecule has 1 atom stereocenters. The van der Waals surface area contributed by atoms with E-state index in [9.17, 15) is 4.79 Å². The number of hydrogen-bond donors (Lipinski definition) is 2. The molecule has 0 radical (unpaired) electrons. The zero-order valence-electron chi connectivity index (χ0n) is 12.3. The number of thiazole rings is 1. The second-order valence-corrected chi connectivity index (χ2v) is 6.22. The Morgan fingerprint density at radius 2 is 2.21 bits per heavy atom. The third kappa shape index (κ3) is 5.28. The lowest BCUT2D eigenvalue weighted by Crippen LogP contribution is -2.50. The Hall–Kier alpha value is -0.940. The highest BCUT2D eigenvalue weighted by Gasteiger charge is 2.27. The van der Waals surface area contributed by atoms with Gasteiger partial charge in [0.1, 0.15) is 5.01 Å². The van der Waals surface area contributed by atoms with Crippen molar-refractivity contribution in [2.75, 3.05) is 6.54 Å². The van der Waals surface area contributed by atoms with Crippen LogP contribution in [0.2, 0.25) is 0 Å². The van der Waals surface area contributed by atoms with Gasteiger partial charge >= 0.3 is 0 Å². The molecule has 0 aliphatic carbocycles. The van der Waals surface area contributed by atoms with Crippen molar-refractivity contribution in [3.8, 4) is 0 Å². The molecule has 1 rings (SSSR count). The highest BCUT2D eigenvalue weighted by Crippen LogP contribution is 2.22. The number of amides is 1. The van der Waals surface area contributed by atoms with Crippen molar-refractivity contribution in [3.63, 3.8) is 0 Å². The first-order valence-corrected chi connectivity index (χ1v) is 7.80. The zero-order chi connectivity index (χ0) is 14.3. The van der Waals surface area contributed by atoms with Gasteiger partial charge in [0.15, 0.2) is 0 Å². The molecule has 0 saturated heterocycles. The number of nitrogens with zero attached hydrogens (tertiary/aromatic N) is 1. The number of hydrogen-bond acceptors (Lipinski definition) is 4. The van der Waals surface area contributed by atoms with Gasteiger partial charge in [-0.15, -0.1) is 11.3 Å². The van der Waals surface area contributed by atoms with Crippen molar-refractivity contribution in [1.29, 1.82) is 0 Å². The Bertz CT molecular complexity index is 376. The van der Waals surface area contributed by atoms with Crippen LogP contribution in [-0.4, -0.2) is 23.5 Å². The maximum atomic E-state index is 12.0. The largest absolute Gasteiger partial charge is 0.355 e. The second-order valence-electron chi connectivity index (χ2n) is 5.33. The van der Waals surface area contributed by atoms with Gasteiger partial charge in [-0.2, -0.15) is 0 Å². The van der Waals surface area contributed by atoms with Crippen LogP contribution in [0.25, 0.3) is 0 Å². The third-order valence-electron chi connectivity index (χ3n) is 3.02. The molecule has 2 N–H and O–H groups in total. The van der Waals surface area contributed by atoms with Crippen LogP contribution in [-0.2, 0) is 10.3 Å². The Labute approximate surface area is 120 Å². The minimum absolute atomic E-state index is 0.0562. The van der Waals surface area contributed by atoms with Crippen molar-refractivity contribution in [1.82, 2.24) is 15.6 Å². The first kappa shape index (κ1) is 16.1. The van der Waals surface area contributed by atoms with E-state index in [0.717, 1.165) is 24.4 Å². The van der Waals surface area contributed by atoms with Crippen molar-refractivity contribution >= 4 is 17.2 Å². The molecule has 1 amide bonds. The molecule has 1 unspecified atom stereocenters. The fraction of sp³-hybridized carbons (Fsp3) is 0.714. The lowest BCUT2D eigenvalue weighted by Gasteiger charge is -2.27. The van der Waals surface area contributed by atoms with E-state index in [2.05, 4.69) is 22.5 Å². The summed E-state index contributed by atoms with van der Waals surface area (Å²) in [5, 5.41) is 9.25. The first-order valence-electron chi connectivity index (χ1n) is 6.92. The molecule has 0 fully saturated rings. The Balaban J connectivity index is 2.41. The minimum atomic E-state index is -0.283. The van der Waals surface area contributed by atoms with Crippen molar-refractivity contribution in [2.45, 2.75) is 58.5 Å². The Morgan fingerprint density at radius 3 is 2.79 bits per heavy atom. The molecule has 0 bridgehead atoms. The van der Waals surface area contributed by atoms with Crippen molar-refractivity contribution in [3.05, 3.63) is 16.6 Å². The summed E-state index contributed by atoms with van der Waals surface area (Å²) in [5.41, 5.74) is -0.283. The molecular formula is C14H25N3OS.